The summed E-state index contributed by atoms with van der Waals surface area (Å²) in [5.74, 6) is 0. The molecule has 112 valence electrons. The lowest BCUT2D eigenvalue weighted by atomic mass is 9.90. The standard InChI is InChI=1S/C14H21NO4S/c1-9-4-11(8-16)5-14(10(9)2)20(17,18)15-12-6-13(7-12)19-3/h4-5,12-13,15-16H,6-8H2,1-3H3. The number of sulfonamides is 1. The van der Waals surface area contributed by atoms with E-state index in [1.165, 1.54) is 6.07 Å². The van der Waals surface area contributed by atoms with Crippen LogP contribution >= 0.6 is 0 Å². The minimum Gasteiger partial charge on any atom is -0.392 e. The van der Waals surface area contributed by atoms with Gasteiger partial charge in [-0.15, -0.1) is 0 Å². The van der Waals surface area contributed by atoms with Crippen LogP contribution in [0.25, 0.3) is 0 Å². The molecule has 0 spiro atoms. The predicted octanol–water partition coefficient (Wildman–Crippen LogP) is 1.25. The highest BCUT2D eigenvalue weighted by Crippen LogP contribution is 2.26. The summed E-state index contributed by atoms with van der Waals surface area (Å²) in [5.41, 5.74) is 2.19. The fourth-order valence-corrected chi connectivity index (χ4v) is 4.04. The number of nitrogens with one attached hydrogen (secondary N) is 1. The fourth-order valence-electron chi connectivity index (χ4n) is 2.41. The van der Waals surface area contributed by atoms with Crippen molar-refractivity contribution >= 4 is 10.0 Å². The number of rotatable bonds is 5. The number of aliphatic hydroxyl groups is 1. The molecule has 1 aromatic carbocycles. The van der Waals surface area contributed by atoms with Gasteiger partial charge < -0.3 is 9.84 Å². The molecule has 0 unspecified atom stereocenters. The first-order chi connectivity index (χ1) is 9.37. The molecule has 2 rings (SSSR count). The molecule has 0 amide bonds. The van der Waals surface area contributed by atoms with E-state index in [2.05, 4.69) is 4.72 Å². The molecule has 6 heteroatoms. The Morgan fingerprint density at radius 3 is 2.55 bits per heavy atom. The minimum absolute atomic E-state index is 0.0672. The van der Waals surface area contributed by atoms with Gasteiger partial charge in [-0.05, 0) is 49.4 Å². The van der Waals surface area contributed by atoms with Gasteiger partial charge in [-0.3, -0.25) is 0 Å². The van der Waals surface area contributed by atoms with Gasteiger partial charge in [0.05, 0.1) is 17.6 Å². The zero-order valence-electron chi connectivity index (χ0n) is 12.0. The van der Waals surface area contributed by atoms with Crippen LogP contribution in [0.4, 0.5) is 0 Å². The Morgan fingerprint density at radius 1 is 1.35 bits per heavy atom. The first-order valence-corrected chi connectivity index (χ1v) is 8.11. The van der Waals surface area contributed by atoms with E-state index in [4.69, 9.17) is 4.74 Å². The zero-order valence-corrected chi connectivity index (χ0v) is 12.8. The molecule has 0 atom stereocenters. The third-order valence-electron chi connectivity index (χ3n) is 3.90. The SMILES string of the molecule is COC1CC(NS(=O)(=O)c2cc(CO)cc(C)c2C)C1. The van der Waals surface area contributed by atoms with E-state index in [-0.39, 0.29) is 23.6 Å². The Kier molecular flexibility index (Phi) is 4.49. The summed E-state index contributed by atoms with van der Waals surface area (Å²) >= 11 is 0. The second-order valence-electron chi connectivity index (χ2n) is 5.34. The monoisotopic (exact) mass is 299 g/mol. The van der Waals surface area contributed by atoms with Crippen molar-refractivity contribution in [3.8, 4) is 0 Å². The average molecular weight is 299 g/mol. The quantitative estimate of drug-likeness (QED) is 0.858. The summed E-state index contributed by atoms with van der Waals surface area (Å²) in [5, 5.41) is 9.22. The first kappa shape index (κ1) is 15.4. The average Bonchev–Trinajstić information content (AvgIpc) is 2.36. The Balaban J connectivity index is 2.23. The molecular weight excluding hydrogens is 278 g/mol. The maximum Gasteiger partial charge on any atom is 0.241 e. The number of benzene rings is 1. The minimum atomic E-state index is -3.55. The lowest BCUT2D eigenvalue weighted by Crippen LogP contribution is -2.47. The molecule has 1 fully saturated rings. The molecule has 0 saturated heterocycles. The van der Waals surface area contributed by atoms with Crippen molar-refractivity contribution in [2.24, 2.45) is 0 Å². The highest BCUT2D eigenvalue weighted by molar-refractivity contribution is 7.89. The Labute approximate surface area is 120 Å². The van der Waals surface area contributed by atoms with E-state index in [9.17, 15) is 13.5 Å². The van der Waals surface area contributed by atoms with Crippen molar-refractivity contribution in [2.45, 2.75) is 50.3 Å². The number of ether oxygens (including phenoxy) is 1. The van der Waals surface area contributed by atoms with Crippen LogP contribution in [0.3, 0.4) is 0 Å². The van der Waals surface area contributed by atoms with E-state index in [0.29, 0.717) is 18.4 Å². The fraction of sp³-hybridized carbons (Fsp3) is 0.571. The van der Waals surface area contributed by atoms with Gasteiger partial charge in [-0.1, -0.05) is 6.07 Å². The van der Waals surface area contributed by atoms with Gasteiger partial charge in [0, 0.05) is 13.2 Å². The third kappa shape index (κ3) is 3.03. The molecule has 1 aromatic rings. The Hall–Kier alpha value is -0.950. The molecule has 2 N–H and O–H groups in total. The highest BCUT2D eigenvalue weighted by Gasteiger charge is 2.33. The molecule has 0 aromatic heterocycles. The van der Waals surface area contributed by atoms with Gasteiger partial charge in [-0.2, -0.15) is 0 Å². The summed E-state index contributed by atoms with van der Waals surface area (Å²) in [6.45, 7) is 3.46. The molecule has 1 aliphatic carbocycles. The molecule has 1 saturated carbocycles. The van der Waals surface area contributed by atoms with Gasteiger partial charge in [0.2, 0.25) is 10.0 Å². The van der Waals surface area contributed by atoms with Gasteiger partial charge in [0.1, 0.15) is 0 Å². The van der Waals surface area contributed by atoms with Crippen LogP contribution in [-0.4, -0.2) is 32.8 Å². The predicted molar refractivity (Wildman–Crippen MR) is 76.0 cm³/mol. The lowest BCUT2D eigenvalue weighted by molar-refractivity contribution is 0.0236. The van der Waals surface area contributed by atoms with Gasteiger partial charge in [0.25, 0.3) is 0 Å². The summed E-state index contributed by atoms with van der Waals surface area (Å²) in [6, 6.07) is 3.28. The van der Waals surface area contributed by atoms with Crippen LogP contribution < -0.4 is 4.72 Å². The smallest absolute Gasteiger partial charge is 0.241 e. The number of hydrogen-bond donors (Lipinski definition) is 2. The van der Waals surface area contributed by atoms with E-state index >= 15 is 0 Å². The van der Waals surface area contributed by atoms with Crippen molar-refractivity contribution in [2.75, 3.05) is 7.11 Å². The summed E-state index contributed by atoms with van der Waals surface area (Å²) in [4.78, 5) is 0.252. The van der Waals surface area contributed by atoms with E-state index in [0.717, 1.165) is 11.1 Å². The number of aliphatic hydroxyl groups excluding tert-OH is 1. The molecule has 20 heavy (non-hydrogen) atoms. The van der Waals surface area contributed by atoms with Crippen molar-refractivity contribution in [1.82, 2.24) is 4.72 Å². The number of aryl methyl sites for hydroxylation is 1. The van der Waals surface area contributed by atoms with Crippen LogP contribution in [0.2, 0.25) is 0 Å². The van der Waals surface area contributed by atoms with E-state index < -0.39 is 10.0 Å². The second kappa shape index (κ2) is 5.81. The van der Waals surface area contributed by atoms with Gasteiger partial charge in [0.15, 0.2) is 0 Å². The Bertz CT molecular complexity index is 591. The maximum absolute atomic E-state index is 12.4. The summed E-state index contributed by atoms with van der Waals surface area (Å²) in [7, 11) is -1.92. The van der Waals surface area contributed by atoms with Crippen LogP contribution in [0.1, 0.15) is 29.5 Å². The van der Waals surface area contributed by atoms with Crippen LogP contribution in [-0.2, 0) is 21.4 Å². The van der Waals surface area contributed by atoms with Crippen molar-refractivity contribution in [1.29, 1.82) is 0 Å². The van der Waals surface area contributed by atoms with Crippen molar-refractivity contribution in [3.63, 3.8) is 0 Å². The number of hydrogen-bond acceptors (Lipinski definition) is 4. The van der Waals surface area contributed by atoms with Crippen LogP contribution in [0.15, 0.2) is 17.0 Å². The third-order valence-corrected chi connectivity index (χ3v) is 5.55. The summed E-state index contributed by atoms with van der Waals surface area (Å²) in [6.07, 6.45) is 1.55. The summed E-state index contributed by atoms with van der Waals surface area (Å²) < 4.78 is 32.7. The molecule has 0 radical (unpaired) electrons. The Morgan fingerprint density at radius 2 is 2.00 bits per heavy atom. The van der Waals surface area contributed by atoms with Crippen LogP contribution in [0.5, 0.6) is 0 Å². The van der Waals surface area contributed by atoms with Crippen molar-refractivity contribution in [3.05, 3.63) is 28.8 Å². The number of methoxy groups -OCH3 is 1. The zero-order chi connectivity index (χ0) is 14.9. The second-order valence-corrected chi connectivity index (χ2v) is 7.02. The normalized spacial score (nSPS) is 22.6. The van der Waals surface area contributed by atoms with E-state index in [1.807, 2.05) is 6.92 Å². The molecule has 0 heterocycles. The molecular formula is C14H21NO4S. The molecule has 0 aliphatic heterocycles. The molecule has 0 bridgehead atoms. The van der Waals surface area contributed by atoms with Crippen molar-refractivity contribution < 1.29 is 18.3 Å². The van der Waals surface area contributed by atoms with Gasteiger partial charge >= 0.3 is 0 Å². The largest absolute Gasteiger partial charge is 0.392 e. The molecule has 1 aliphatic rings. The van der Waals surface area contributed by atoms with Gasteiger partial charge in [-0.25, -0.2) is 13.1 Å². The topological polar surface area (TPSA) is 75.6 Å². The molecule has 5 nitrogen and oxygen atoms in total. The van der Waals surface area contributed by atoms with Crippen LogP contribution in [0, 0.1) is 13.8 Å². The highest BCUT2D eigenvalue weighted by atomic mass is 32.2. The maximum atomic E-state index is 12.4. The lowest BCUT2D eigenvalue weighted by Gasteiger charge is -2.34. The first-order valence-electron chi connectivity index (χ1n) is 6.63. The van der Waals surface area contributed by atoms with E-state index in [1.54, 1.807) is 20.1 Å².